The summed E-state index contributed by atoms with van der Waals surface area (Å²) in [6.45, 7) is 3.42. The van der Waals surface area contributed by atoms with Gasteiger partial charge in [0, 0.05) is 24.4 Å². The van der Waals surface area contributed by atoms with Crippen molar-refractivity contribution in [3.63, 3.8) is 0 Å². The van der Waals surface area contributed by atoms with Crippen LogP contribution in [0.1, 0.15) is 44.9 Å². The van der Waals surface area contributed by atoms with Crippen LogP contribution in [0.4, 0.5) is 0 Å². The Kier molecular flexibility index (Phi) is 2.33. The molecule has 1 unspecified atom stereocenters. The number of rotatable bonds is 1. The van der Waals surface area contributed by atoms with Gasteiger partial charge in [-0.15, -0.1) is 0 Å². The predicted molar refractivity (Wildman–Crippen MR) is 68.1 cm³/mol. The zero-order valence-electron chi connectivity index (χ0n) is 11.1. The highest BCUT2D eigenvalue weighted by atomic mass is 16.5. The van der Waals surface area contributed by atoms with Crippen LogP contribution in [0.25, 0.3) is 0 Å². The highest BCUT2D eigenvalue weighted by Gasteiger charge is 2.60. The average molecular weight is 249 g/mol. The van der Waals surface area contributed by atoms with Gasteiger partial charge in [-0.3, -0.25) is 4.79 Å². The van der Waals surface area contributed by atoms with E-state index in [1.807, 2.05) is 0 Å². The number of carbonyl (C=O) groups is 1. The molecular formula is C15H23NO2. The molecule has 18 heavy (non-hydrogen) atoms. The molecule has 1 amide bonds. The second kappa shape index (κ2) is 3.72. The highest BCUT2D eigenvalue weighted by molar-refractivity contribution is 5.83. The van der Waals surface area contributed by atoms with E-state index in [0.29, 0.717) is 22.7 Å². The summed E-state index contributed by atoms with van der Waals surface area (Å²) in [7, 11) is 0. The van der Waals surface area contributed by atoms with Gasteiger partial charge in [-0.1, -0.05) is 12.8 Å². The van der Waals surface area contributed by atoms with Gasteiger partial charge >= 0.3 is 0 Å². The van der Waals surface area contributed by atoms with Gasteiger partial charge in [0.25, 0.3) is 0 Å². The van der Waals surface area contributed by atoms with Crippen LogP contribution in [0.3, 0.4) is 0 Å². The van der Waals surface area contributed by atoms with E-state index in [1.54, 1.807) is 0 Å². The zero-order chi connectivity index (χ0) is 12.2. The molecule has 100 valence electrons. The maximum Gasteiger partial charge on any atom is 0.226 e. The lowest BCUT2D eigenvalue weighted by Crippen LogP contribution is -2.38. The molecule has 0 bridgehead atoms. The molecule has 1 saturated heterocycles. The van der Waals surface area contributed by atoms with Crippen molar-refractivity contribution >= 4 is 5.91 Å². The Labute approximate surface area is 109 Å². The van der Waals surface area contributed by atoms with Crippen molar-refractivity contribution in [1.29, 1.82) is 0 Å². The number of carbonyl (C=O) groups excluding carboxylic acids is 1. The van der Waals surface area contributed by atoms with E-state index >= 15 is 0 Å². The second-order valence-electron chi connectivity index (χ2n) is 7.14. The Morgan fingerprint density at radius 1 is 1.17 bits per heavy atom. The third-order valence-electron chi connectivity index (χ3n) is 5.80. The van der Waals surface area contributed by atoms with Crippen molar-refractivity contribution in [3.8, 4) is 0 Å². The van der Waals surface area contributed by atoms with Gasteiger partial charge in [-0.2, -0.15) is 0 Å². The Morgan fingerprint density at radius 2 is 1.94 bits per heavy atom. The summed E-state index contributed by atoms with van der Waals surface area (Å²) < 4.78 is 5.68. The van der Waals surface area contributed by atoms with Crippen molar-refractivity contribution in [2.75, 3.05) is 26.3 Å². The average Bonchev–Trinajstić information content (AvgIpc) is 3.23. The Hall–Kier alpha value is -0.570. The van der Waals surface area contributed by atoms with E-state index in [2.05, 4.69) is 4.90 Å². The lowest BCUT2D eigenvalue weighted by molar-refractivity contribution is -0.134. The van der Waals surface area contributed by atoms with Crippen LogP contribution in [-0.2, 0) is 9.53 Å². The normalized spacial score (nSPS) is 35.8. The number of hydrogen-bond acceptors (Lipinski definition) is 2. The van der Waals surface area contributed by atoms with Crippen LogP contribution in [0, 0.1) is 16.7 Å². The lowest BCUT2D eigenvalue weighted by Gasteiger charge is -2.24. The molecule has 3 aliphatic carbocycles. The van der Waals surface area contributed by atoms with E-state index < -0.39 is 0 Å². The molecule has 2 spiro atoms. The van der Waals surface area contributed by atoms with Crippen LogP contribution >= 0.6 is 0 Å². The molecule has 0 N–H and O–H groups in total. The van der Waals surface area contributed by atoms with Crippen molar-refractivity contribution in [2.24, 2.45) is 16.7 Å². The van der Waals surface area contributed by atoms with Gasteiger partial charge in [0.05, 0.1) is 13.2 Å². The third kappa shape index (κ3) is 1.70. The van der Waals surface area contributed by atoms with E-state index in [9.17, 15) is 4.79 Å². The fourth-order valence-corrected chi connectivity index (χ4v) is 4.21. The summed E-state index contributed by atoms with van der Waals surface area (Å²) in [6, 6.07) is 0. The van der Waals surface area contributed by atoms with E-state index in [0.717, 1.165) is 26.3 Å². The molecule has 0 aromatic carbocycles. The molecule has 4 aliphatic rings. The van der Waals surface area contributed by atoms with Crippen molar-refractivity contribution in [2.45, 2.75) is 44.9 Å². The summed E-state index contributed by atoms with van der Waals surface area (Å²) in [5.41, 5.74) is 0.796. The van der Waals surface area contributed by atoms with Crippen LogP contribution in [-0.4, -0.2) is 37.1 Å². The molecule has 4 rings (SSSR count). The molecule has 0 aromatic heterocycles. The molecule has 3 heteroatoms. The van der Waals surface area contributed by atoms with Gasteiger partial charge in [-0.25, -0.2) is 0 Å². The van der Waals surface area contributed by atoms with Gasteiger partial charge in [-0.05, 0) is 37.5 Å². The minimum Gasteiger partial charge on any atom is -0.379 e. The molecule has 4 fully saturated rings. The monoisotopic (exact) mass is 249 g/mol. The minimum absolute atomic E-state index is 0.351. The molecule has 1 atom stereocenters. The van der Waals surface area contributed by atoms with Crippen molar-refractivity contribution in [3.05, 3.63) is 0 Å². The third-order valence-corrected chi connectivity index (χ3v) is 5.80. The first-order chi connectivity index (χ1) is 8.73. The molecule has 0 radical (unpaired) electrons. The summed E-state index contributed by atoms with van der Waals surface area (Å²) in [5.74, 6) is 0.822. The molecule has 1 heterocycles. The first-order valence-electron chi connectivity index (χ1n) is 7.60. The highest BCUT2D eigenvalue weighted by Crippen LogP contribution is 2.63. The second-order valence-corrected chi connectivity index (χ2v) is 7.14. The van der Waals surface area contributed by atoms with E-state index in [4.69, 9.17) is 4.74 Å². The number of ether oxygens (including phenoxy) is 1. The van der Waals surface area contributed by atoms with E-state index in [-0.39, 0.29) is 0 Å². The summed E-state index contributed by atoms with van der Waals surface area (Å²) in [6.07, 6.45) is 8.99. The van der Waals surface area contributed by atoms with Crippen molar-refractivity contribution in [1.82, 2.24) is 4.90 Å². The Balaban J connectivity index is 1.45. The van der Waals surface area contributed by atoms with Gasteiger partial charge in [0.2, 0.25) is 5.91 Å². The SMILES string of the molecule is O=C(C1CC12CCCC2)N1CCOCC2(CC2)C1. The van der Waals surface area contributed by atoms with E-state index in [1.165, 1.54) is 44.9 Å². The van der Waals surface area contributed by atoms with Crippen LogP contribution < -0.4 is 0 Å². The maximum absolute atomic E-state index is 12.7. The Bertz CT molecular complexity index is 369. The summed E-state index contributed by atoms with van der Waals surface area (Å²) in [5, 5.41) is 0. The first-order valence-corrected chi connectivity index (χ1v) is 7.60. The zero-order valence-corrected chi connectivity index (χ0v) is 11.1. The fraction of sp³-hybridized carbons (Fsp3) is 0.933. The smallest absolute Gasteiger partial charge is 0.226 e. The molecule has 3 saturated carbocycles. The van der Waals surface area contributed by atoms with Crippen LogP contribution in [0.2, 0.25) is 0 Å². The molecule has 1 aliphatic heterocycles. The largest absolute Gasteiger partial charge is 0.379 e. The molecule has 3 nitrogen and oxygen atoms in total. The summed E-state index contributed by atoms with van der Waals surface area (Å²) in [4.78, 5) is 14.8. The van der Waals surface area contributed by atoms with Gasteiger partial charge in [0.15, 0.2) is 0 Å². The quantitative estimate of drug-likeness (QED) is 0.713. The van der Waals surface area contributed by atoms with Gasteiger partial charge < -0.3 is 9.64 Å². The standard InChI is InChI=1S/C15H23NO2/c17-13(12-9-15(12)3-1-2-4-15)16-7-8-18-11-14(10-16)5-6-14/h12H,1-11H2. The number of hydrogen-bond donors (Lipinski definition) is 0. The number of amides is 1. The predicted octanol–water partition coefficient (Wildman–Crippen LogP) is 2.21. The minimum atomic E-state index is 0.351. The molecular weight excluding hydrogens is 226 g/mol. The summed E-state index contributed by atoms with van der Waals surface area (Å²) >= 11 is 0. The van der Waals surface area contributed by atoms with Crippen molar-refractivity contribution < 1.29 is 9.53 Å². The number of nitrogens with zero attached hydrogens (tertiary/aromatic N) is 1. The van der Waals surface area contributed by atoms with Crippen LogP contribution in [0.5, 0.6) is 0 Å². The van der Waals surface area contributed by atoms with Gasteiger partial charge in [0.1, 0.15) is 0 Å². The first kappa shape index (κ1) is 11.3. The lowest BCUT2D eigenvalue weighted by atomic mass is 10.0. The topological polar surface area (TPSA) is 29.5 Å². The maximum atomic E-state index is 12.7. The Morgan fingerprint density at radius 3 is 2.67 bits per heavy atom. The van der Waals surface area contributed by atoms with Crippen LogP contribution in [0.15, 0.2) is 0 Å². The fourth-order valence-electron chi connectivity index (χ4n) is 4.21. The molecule has 0 aromatic rings.